The van der Waals surface area contributed by atoms with Crippen molar-refractivity contribution in [3.8, 4) is 11.5 Å². The molecule has 2 rings (SSSR count). The summed E-state index contributed by atoms with van der Waals surface area (Å²) in [6, 6.07) is 11.8. The van der Waals surface area contributed by atoms with Crippen molar-refractivity contribution >= 4 is 0 Å². The Hall–Kier alpha value is -2.07. The SMILES string of the molecule is CNCc1ccc(OC)c(OCc2cccc(C)n2)c1. The maximum Gasteiger partial charge on any atom is 0.162 e. The van der Waals surface area contributed by atoms with Crippen LogP contribution in [0.1, 0.15) is 17.0 Å². The second-order valence-electron chi connectivity index (χ2n) is 4.57. The first-order valence-electron chi connectivity index (χ1n) is 6.60. The van der Waals surface area contributed by atoms with E-state index in [1.165, 1.54) is 0 Å². The van der Waals surface area contributed by atoms with E-state index in [1.807, 2.05) is 50.4 Å². The summed E-state index contributed by atoms with van der Waals surface area (Å²) >= 11 is 0. The highest BCUT2D eigenvalue weighted by molar-refractivity contribution is 5.43. The largest absolute Gasteiger partial charge is 0.493 e. The van der Waals surface area contributed by atoms with Crippen LogP contribution in [0.25, 0.3) is 0 Å². The summed E-state index contributed by atoms with van der Waals surface area (Å²) in [5.74, 6) is 1.47. The molecule has 1 N–H and O–H groups in total. The highest BCUT2D eigenvalue weighted by Crippen LogP contribution is 2.28. The third kappa shape index (κ3) is 3.71. The molecule has 0 aliphatic rings. The molecule has 0 atom stereocenters. The normalized spacial score (nSPS) is 10.3. The van der Waals surface area contributed by atoms with Crippen molar-refractivity contribution in [1.82, 2.24) is 10.3 Å². The summed E-state index contributed by atoms with van der Waals surface area (Å²) in [6.07, 6.45) is 0. The van der Waals surface area contributed by atoms with Crippen molar-refractivity contribution in [3.63, 3.8) is 0 Å². The fraction of sp³-hybridized carbons (Fsp3) is 0.312. The molecular weight excluding hydrogens is 252 g/mol. The van der Waals surface area contributed by atoms with E-state index in [2.05, 4.69) is 10.3 Å². The zero-order valence-corrected chi connectivity index (χ0v) is 12.1. The molecule has 0 saturated carbocycles. The minimum Gasteiger partial charge on any atom is -0.493 e. The van der Waals surface area contributed by atoms with Gasteiger partial charge in [0, 0.05) is 12.2 Å². The molecule has 4 nitrogen and oxygen atoms in total. The number of nitrogens with zero attached hydrogens (tertiary/aromatic N) is 1. The minimum absolute atomic E-state index is 0.432. The van der Waals surface area contributed by atoms with Crippen LogP contribution in [-0.4, -0.2) is 19.1 Å². The molecule has 106 valence electrons. The number of rotatable bonds is 6. The van der Waals surface area contributed by atoms with Gasteiger partial charge in [-0.3, -0.25) is 4.98 Å². The Balaban J connectivity index is 2.12. The number of benzene rings is 1. The van der Waals surface area contributed by atoms with Crippen LogP contribution in [0.3, 0.4) is 0 Å². The number of aryl methyl sites for hydroxylation is 1. The van der Waals surface area contributed by atoms with Crippen molar-refractivity contribution in [2.75, 3.05) is 14.2 Å². The van der Waals surface area contributed by atoms with Gasteiger partial charge in [-0.15, -0.1) is 0 Å². The summed E-state index contributed by atoms with van der Waals surface area (Å²) in [7, 11) is 3.56. The Bertz CT molecular complexity index is 570. The van der Waals surface area contributed by atoms with Gasteiger partial charge in [0.25, 0.3) is 0 Å². The van der Waals surface area contributed by atoms with E-state index >= 15 is 0 Å². The Morgan fingerprint density at radius 3 is 2.70 bits per heavy atom. The molecule has 1 aromatic heterocycles. The lowest BCUT2D eigenvalue weighted by molar-refractivity contribution is 0.280. The number of methoxy groups -OCH3 is 1. The lowest BCUT2D eigenvalue weighted by Gasteiger charge is -2.12. The third-order valence-electron chi connectivity index (χ3n) is 2.93. The summed E-state index contributed by atoms with van der Waals surface area (Å²) in [6.45, 7) is 3.20. The molecular formula is C16H20N2O2. The first kappa shape index (κ1) is 14.3. The quantitative estimate of drug-likeness (QED) is 0.878. The van der Waals surface area contributed by atoms with Gasteiger partial charge in [0.2, 0.25) is 0 Å². The Kier molecular flexibility index (Phi) is 4.96. The fourth-order valence-electron chi connectivity index (χ4n) is 1.98. The van der Waals surface area contributed by atoms with E-state index in [4.69, 9.17) is 9.47 Å². The van der Waals surface area contributed by atoms with Crippen molar-refractivity contribution < 1.29 is 9.47 Å². The van der Waals surface area contributed by atoms with Gasteiger partial charge < -0.3 is 14.8 Å². The van der Waals surface area contributed by atoms with Crippen molar-refractivity contribution in [2.24, 2.45) is 0 Å². The summed E-state index contributed by atoms with van der Waals surface area (Å²) in [4.78, 5) is 4.42. The van der Waals surface area contributed by atoms with Crippen LogP contribution >= 0.6 is 0 Å². The van der Waals surface area contributed by atoms with Crippen LogP contribution in [0.4, 0.5) is 0 Å². The summed E-state index contributed by atoms with van der Waals surface area (Å²) in [5, 5.41) is 3.12. The maximum absolute atomic E-state index is 5.84. The molecule has 0 unspecified atom stereocenters. The number of hydrogen-bond acceptors (Lipinski definition) is 4. The molecule has 0 aliphatic carbocycles. The average Bonchev–Trinajstić information content (AvgIpc) is 2.46. The smallest absolute Gasteiger partial charge is 0.162 e. The van der Waals surface area contributed by atoms with Crippen LogP contribution in [-0.2, 0) is 13.2 Å². The monoisotopic (exact) mass is 272 g/mol. The zero-order valence-electron chi connectivity index (χ0n) is 12.1. The molecule has 0 fully saturated rings. The second kappa shape index (κ2) is 6.91. The Labute approximate surface area is 119 Å². The lowest BCUT2D eigenvalue weighted by Crippen LogP contribution is -2.06. The summed E-state index contributed by atoms with van der Waals surface area (Å²) < 4.78 is 11.2. The van der Waals surface area contributed by atoms with Gasteiger partial charge in [-0.2, -0.15) is 0 Å². The number of nitrogens with one attached hydrogen (secondary N) is 1. The minimum atomic E-state index is 0.432. The van der Waals surface area contributed by atoms with Crippen molar-refractivity contribution in [3.05, 3.63) is 53.3 Å². The molecule has 1 heterocycles. The van der Waals surface area contributed by atoms with E-state index in [0.717, 1.165) is 35.0 Å². The van der Waals surface area contributed by atoms with Crippen LogP contribution in [0, 0.1) is 6.92 Å². The first-order chi connectivity index (χ1) is 9.72. The van der Waals surface area contributed by atoms with E-state index in [9.17, 15) is 0 Å². The maximum atomic E-state index is 5.84. The molecule has 0 saturated heterocycles. The molecule has 0 spiro atoms. The van der Waals surface area contributed by atoms with E-state index in [-0.39, 0.29) is 0 Å². The van der Waals surface area contributed by atoms with Gasteiger partial charge >= 0.3 is 0 Å². The molecule has 4 heteroatoms. The van der Waals surface area contributed by atoms with Crippen molar-refractivity contribution in [2.45, 2.75) is 20.1 Å². The number of hydrogen-bond donors (Lipinski definition) is 1. The molecule has 0 amide bonds. The van der Waals surface area contributed by atoms with Crippen molar-refractivity contribution in [1.29, 1.82) is 0 Å². The molecule has 20 heavy (non-hydrogen) atoms. The van der Waals surface area contributed by atoms with Crippen LogP contribution in [0.15, 0.2) is 36.4 Å². The predicted octanol–water partition coefficient (Wildman–Crippen LogP) is 2.70. The second-order valence-corrected chi connectivity index (χ2v) is 4.57. The van der Waals surface area contributed by atoms with Crippen LogP contribution in [0.5, 0.6) is 11.5 Å². The molecule has 0 aliphatic heterocycles. The topological polar surface area (TPSA) is 43.4 Å². The van der Waals surface area contributed by atoms with Crippen LogP contribution < -0.4 is 14.8 Å². The molecule has 0 radical (unpaired) electrons. The van der Waals surface area contributed by atoms with E-state index in [0.29, 0.717) is 6.61 Å². The van der Waals surface area contributed by atoms with Gasteiger partial charge in [0.05, 0.1) is 12.8 Å². The standard InChI is InChI=1S/C16H20N2O2/c1-12-5-4-6-14(18-12)11-20-16-9-13(10-17-2)7-8-15(16)19-3/h4-9,17H,10-11H2,1-3H3. The van der Waals surface area contributed by atoms with Gasteiger partial charge in [0.1, 0.15) is 6.61 Å². The highest BCUT2D eigenvalue weighted by atomic mass is 16.5. The number of aromatic nitrogens is 1. The van der Waals surface area contributed by atoms with Gasteiger partial charge in [-0.25, -0.2) is 0 Å². The number of pyridine rings is 1. The third-order valence-corrected chi connectivity index (χ3v) is 2.93. The van der Waals surface area contributed by atoms with Gasteiger partial charge in [-0.05, 0) is 43.8 Å². The molecule has 2 aromatic rings. The Morgan fingerprint density at radius 2 is 2.00 bits per heavy atom. The average molecular weight is 272 g/mol. The predicted molar refractivity (Wildman–Crippen MR) is 79.1 cm³/mol. The van der Waals surface area contributed by atoms with Gasteiger partial charge in [0.15, 0.2) is 11.5 Å². The summed E-state index contributed by atoms with van der Waals surface area (Å²) in [5.41, 5.74) is 3.05. The Morgan fingerprint density at radius 1 is 1.15 bits per heavy atom. The highest BCUT2D eigenvalue weighted by Gasteiger charge is 2.06. The molecule has 1 aromatic carbocycles. The van der Waals surface area contributed by atoms with Gasteiger partial charge in [-0.1, -0.05) is 12.1 Å². The lowest BCUT2D eigenvalue weighted by atomic mass is 10.2. The zero-order chi connectivity index (χ0) is 14.4. The fourth-order valence-corrected chi connectivity index (χ4v) is 1.98. The van der Waals surface area contributed by atoms with E-state index in [1.54, 1.807) is 7.11 Å². The first-order valence-corrected chi connectivity index (χ1v) is 6.60. The molecule has 0 bridgehead atoms. The van der Waals surface area contributed by atoms with Crippen LogP contribution in [0.2, 0.25) is 0 Å². The van der Waals surface area contributed by atoms with E-state index < -0.39 is 0 Å². The number of ether oxygens (including phenoxy) is 2.